The molecule has 1 saturated carbocycles. The van der Waals surface area contributed by atoms with E-state index in [-0.39, 0.29) is 10.8 Å². The van der Waals surface area contributed by atoms with Crippen LogP contribution in [0.15, 0.2) is 48.5 Å². The summed E-state index contributed by atoms with van der Waals surface area (Å²) in [7, 11) is 0. The lowest BCUT2D eigenvalue weighted by molar-refractivity contribution is 0.662. The lowest BCUT2D eigenvalue weighted by Gasteiger charge is -2.23. The Morgan fingerprint density at radius 1 is 0.947 bits per heavy atom. The summed E-state index contributed by atoms with van der Waals surface area (Å²) in [4.78, 5) is 0. The van der Waals surface area contributed by atoms with Crippen LogP contribution < -0.4 is 0 Å². The monoisotopic (exact) mass is 310 g/mol. The van der Waals surface area contributed by atoms with Crippen LogP contribution in [0.25, 0.3) is 0 Å². The second kappa shape index (κ2) is 5.01. The Morgan fingerprint density at radius 2 is 1.63 bits per heavy atom. The predicted octanol–water partition coefficient (Wildman–Crippen LogP) is 6.01. The molecule has 2 aromatic rings. The van der Waals surface area contributed by atoms with Crippen LogP contribution in [0.3, 0.4) is 0 Å². The van der Waals surface area contributed by atoms with E-state index in [1.54, 1.807) is 6.07 Å². The summed E-state index contributed by atoms with van der Waals surface area (Å²) in [6.07, 6.45) is 2.18. The molecule has 19 heavy (non-hydrogen) atoms. The zero-order chi connectivity index (χ0) is 13.5. The molecular weight excluding hydrogens is 299 g/mol. The van der Waals surface area contributed by atoms with E-state index in [0.29, 0.717) is 10.0 Å². The van der Waals surface area contributed by atoms with E-state index >= 15 is 0 Å². The van der Waals surface area contributed by atoms with Gasteiger partial charge < -0.3 is 0 Å². The molecule has 1 aliphatic carbocycles. The van der Waals surface area contributed by atoms with Crippen LogP contribution in [0, 0.1) is 0 Å². The molecule has 1 atom stereocenters. The summed E-state index contributed by atoms with van der Waals surface area (Å²) < 4.78 is 0. The lowest BCUT2D eigenvalue weighted by Crippen LogP contribution is -2.14. The van der Waals surface area contributed by atoms with Gasteiger partial charge in [-0.15, -0.1) is 11.6 Å². The van der Waals surface area contributed by atoms with E-state index < -0.39 is 0 Å². The van der Waals surface area contributed by atoms with Gasteiger partial charge in [-0.2, -0.15) is 0 Å². The van der Waals surface area contributed by atoms with Crippen molar-refractivity contribution in [2.24, 2.45) is 0 Å². The van der Waals surface area contributed by atoms with Crippen molar-refractivity contribution >= 4 is 34.8 Å². The Hall–Kier alpha value is -0.690. The molecule has 3 heteroatoms. The molecule has 3 rings (SSSR count). The minimum absolute atomic E-state index is 0.0110. The van der Waals surface area contributed by atoms with E-state index in [0.717, 1.165) is 18.4 Å². The highest BCUT2D eigenvalue weighted by Crippen LogP contribution is 2.60. The second-order valence-corrected chi connectivity index (χ2v) is 6.33. The van der Waals surface area contributed by atoms with E-state index in [1.807, 2.05) is 18.2 Å². The lowest BCUT2D eigenvalue weighted by atomic mass is 9.88. The molecule has 0 aliphatic heterocycles. The van der Waals surface area contributed by atoms with Crippen LogP contribution in [0.1, 0.15) is 29.3 Å². The molecule has 1 unspecified atom stereocenters. The molecule has 0 amide bonds. The van der Waals surface area contributed by atoms with Crippen LogP contribution in [0.5, 0.6) is 0 Å². The molecule has 1 fully saturated rings. The SMILES string of the molecule is Clc1ccc(Cl)c(C(Cl)C2(c3ccccc3)CC2)c1. The quantitative estimate of drug-likeness (QED) is 0.609. The first-order valence-corrected chi connectivity index (χ1v) is 7.47. The van der Waals surface area contributed by atoms with Crippen molar-refractivity contribution in [2.75, 3.05) is 0 Å². The minimum Gasteiger partial charge on any atom is -0.117 e. The van der Waals surface area contributed by atoms with Gasteiger partial charge in [0.05, 0.1) is 5.38 Å². The van der Waals surface area contributed by atoms with Gasteiger partial charge in [-0.25, -0.2) is 0 Å². The maximum Gasteiger partial charge on any atom is 0.0696 e. The van der Waals surface area contributed by atoms with Crippen LogP contribution in [0.2, 0.25) is 10.0 Å². The molecule has 2 aromatic carbocycles. The van der Waals surface area contributed by atoms with E-state index in [2.05, 4.69) is 24.3 Å². The van der Waals surface area contributed by atoms with Crippen LogP contribution in [-0.4, -0.2) is 0 Å². The summed E-state index contributed by atoms with van der Waals surface area (Å²) in [6.45, 7) is 0. The normalized spacial score (nSPS) is 18.1. The first-order valence-electron chi connectivity index (χ1n) is 6.28. The van der Waals surface area contributed by atoms with Gasteiger partial charge in [-0.1, -0.05) is 53.5 Å². The molecule has 0 spiro atoms. The van der Waals surface area contributed by atoms with E-state index in [1.165, 1.54) is 5.56 Å². The molecule has 0 N–H and O–H groups in total. The van der Waals surface area contributed by atoms with Gasteiger partial charge in [0.15, 0.2) is 0 Å². The average molecular weight is 312 g/mol. The Bertz CT molecular complexity index is 588. The molecule has 0 heterocycles. The molecule has 98 valence electrons. The standard InChI is InChI=1S/C16H13Cl3/c17-12-6-7-14(18)13(10-12)15(19)16(8-9-16)11-4-2-1-3-5-11/h1-7,10,15H,8-9H2. The molecule has 0 nitrogen and oxygen atoms in total. The van der Waals surface area contributed by atoms with Crippen LogP contribution >= 0.6 is 34.8 Å². The van der Waals surface area contributed by atoms with Crippen molar-refractivity contribution in [1.82, 2.24) is 0 Å². The van der Waals surface area contributed by atoms with Crippen molar-refractivity contribution in [2.45, 2.75) is 23.6 Å². The molecule has 0 bridgehead atoms. The fourth-order valence-electron chi connectivity index (χ4n) is 2.60. The Balaban J connectivity index is 2.00. The highest BCUT2D eigenvalue weighted by molar-refractivity contribution is 6.34. The van der Waals surface area contributed by atoms with Gasteiger partial charge in [0.25, 0.3) is 0 Å². The van der Waals surface area contributed by atoms with Crippen molar-refractivity contribution in [3.05, 3.63) is 69.7 Å². The third-order valence-electron chi connectivity index (χ3n) is 3.85. The Morgan fingerprint density at radius 3 is 2.26 bits per heavy atom. The van der Waals surface area contributed by atoms with Crippen molar-refractivity contribution in [1.29, 1.82) is 0 Å². The number of halogens is 3. The van der Waals surface area contributed by atoms with Gasteiger partial charge in [0.1, 0.15) is 0 Å². The fraction of sp³-hybridized carbons (Fsp3) is 0.250. The number of hydrogen-bond acceptors (Lipinski definition) is 0. The Kier molecular flexibility index (Phi) is 3.51. The van der Waals surface area contributed by atoms with Crippen molar-refractivity contribution in [3.63, 3.8) is 0 Å². The topological polar surface area (TPSA) is 0 Å². The highest BCUT2D eigenvalue weighted by Gasteiger charge is 2.51. The molecular formula is C16H13Cl3. The van der Waals surface area contributed by atoms with Gasteiger partial charge in [-0.3, -0.25) is 0 Å². The molecule has 0 aromatic heterocycles. The maximum absolute atomic E-state index is 6.73. The summed E-state index contributed by atoms with van der Waals surface area (Å²) in [5.41, 5.74) is 2.22. The zero-order valence-electron chi connectivity index (χ0n) is 10.2. The first-order chi connectivity index (χ1) is 9.13. The third-order valence-corrected chi connectivity index (χ3v) is 5.09. The molecule has 1 aliphatic rings. The zero-order valence-corrected chi connectivity index (χ0v) is 12.5. The summed E-state index contributed by atoms with van der Waals surface area (Å²) in [5, 5.41) is 1.22. The number of hydrogen-bond donors (Lipinski definition) is 0. The van der Waals surface area contributed by atoms with Gasteiger partial charge in [0, 0.05) is 15.5 Å². The van der Waals surface area contributed by atoms with Gasteiger partial charge >= 0.3 is 0 Å². The highest BCUT2D eigenvalue weighted by atomic mass is 35.5. The summed E-state index contributed by atoms with van der Waals surface area (Å²) in [6, 6.07) is 15.9. The largest absolute Gasteiger partial charge is 0.117 e. The summed E-state index contributed by atoms with van der Waals surface area (Å²) in [5.74, 6) is 0. The maximum atomic E-state index is 6.73. The number of benzene rings is 2. The summed E-state index contributed by atoms with van der Waals surface area (Å²) >= 11 is 19.1. The van der Waals surface area contributed by atoms with E-state index in [4.69, 9.17) is 34.8 Å². The molecule has 0 radical (unpaired) electrons. The smallest absolute Gasteiger partial charge is 0.0696 e. The van der Waals surface area contributed by atoms with Gasteiger partial charge in [-0.05, 0) is 42.2 Å². The van der Waals surface area contributed by atoms with Crippen LogP contribution in [0.4, 0.5) is 0 Å². The van der Waals surface area contributed by atoms with Gasteiger partial charge in [0.2, 0.25) is 0 Å². The first kappa shape index (κ1) is 13.3. The fourth-order valence-corrected chi connectivity index (χ4v) is 3.59. The minimum atomic E-state index is -0.138. The Labute approximate surface area is 128 Å². The predicted molar refractivity (Wildman–Crippen MR) is 82.4 cm³/mol. The van der Waals surface area contributed by atoms with Crippen molar-refractivity contribution in [3.8, 4) is 0 Å². The van der Waals surface area contributed by atoms with E-state index in [9.17, 15) is 0 Å². The second-order valence-electron chi connectivity index (χ2n) is 5.05. The number of rotatable bonds is 3. The third kappa shape index (κ3) is 2.38. The molecule has 0 saturated heterocycles. The van der Waals surface area contributed by atoms with Crippen molar-refractivity contribution < 1.29 is 0 Å². The average Bonchev–Trinajstić information content (AvgIpc) is 3.23. The number of alkyl halides is 1. The van der Waals surface area contributed by atoms with Crippen LogP contribution in [-0.2, 0) is 5.41 Å².